The standard InChI is InChI=1S/C61H74N6O2S2/c1-56(2,3)36-60(13,14)42-30-38(54(68)52(32-42)66-62-48-27-25-46(34-50(48)64-66)70-44-21-17-40(18-22-44)58(7,8)9)29-39-31-43(61(15,16)37-57(4,5)6)33-53(55(39)69)67-63-49-28-26-47(35-51(49)65-67)71-45-23-19-41(20-24-45)59(10,11)12/h17-28,30-35,68-69H,29,36-37H2,1-16H3. The van der Waals surface area contributed by atoms with E-state index in [1.165, 1.54) is 11.1 Å². The third kappa shape index (κ3) is 12.0. The molecule has 0 fully saturated rings. The second-order valence-electron chi connectivity index (χ2n) is 25.5. The number of aromatic hydroxyl groups is 2. The third-order valence-corrected chi connectivity index (χ3v) is 15.3. The summed E-state index contributed by atoms with van der Waals surface area (Å²) in [5.41, 5.74) is 9.58. The molecule has 0 atom stereocenters. The van der Waals surface area contributed by atoms with E-state index in [1.807, 2.05) is 24.3 Å². The van der Waals surface area contributed by atoms with Crippen LogP contribution in [0.5, 0.6) is 11.5 Å². The first-order chi connectivity index (χ1) is 32.9. The smallest absolute Gasteiger partial charge is 0.146 e. The van der Waals surface area contributed by atoms with Gasteiger partial charge in [0.25, 0.3) is 0 Å². The van der Waals surface area contributed by atoms with Gasteiger partial charge in [0.05, 0.1) is 0 Å². The highest BCUT2D eigenvalue weighted by atomic mass is 32.2. The van der Waals surface area contributed by atoms with Crippen LogP contribution in [0.2, 0.25) is 0 Å². The lowest BCUT2D eigenvalue weighted by Crippen LogP contribution is -2.25. The Kier molecular flexibility index (Phi) is 13.7. The van der Waals surface area contributed by atoms with Crippen molar-refractivity contribution in [1.29, 1.82) is 0 Å². The van der Waals surface area contributed by atoms with Crippen molar-refractivity contribution >= 4 is 45.6 Å². The van der Waals surface area contributed by atoms with Crippen LogP contribution in [0.15, 0.2) is 129 Å². The van der Waals surface area contributed by atoms with Gasteiger partial charge in [-0.3, -0.25) is 0 Å². The summed E-state index contributed by atoms with van der Waals surface area (Å²) in [5, 5.41) is 44.9. The zero-order chi connectivity index (χ0) is 51.6. The zero-order valence-electron chi connectivity index (χ0n) is 44.9. The van der Waals surface area contributed by atoms with Crippen LogP contribution in [-0.2, 0) is 28.1 Å². The Labute approximate surface area is 431 Å². The minimum Gasteiger partial charge on any atom is -0.505 e. The molecule has 8 rings (SSSR count). The largest absolute Gasteiger partial charge is 0.505 e. The lowest BCUT2D eigenvalue weighted by atomic mass is 9.71. The number of rotatable bonds is 12. The van der Waals surface area contributed by atoms with Crippen molar-refractivity contribution in [3.63, 3.8) is 0 Å². The summed E-state index contributed by atoms with van der Waals surface area (Å²) >= 11 is 3.38. The quantitative estimate of drug-likeness (QED) is 0.125. The lowest BCUT2D eigenvalue weighted by molar-refractivity contribution is 0.283. The van der Waals surface area contributed by atoms with Crippen LogP contribution < -0.4 is 0 Å². The number of nitrogens with zero attached hydrogens (tertiary/aromatic N) is 6. The molecule has 8 nitrogen and oxygen atoms in total. The fraction of sp³-hybridized carbons (Fsp3) is 0.410. The van der Waals surface area contributed by atoms with Gasteiger partial charge in [0.2, 0.25) is 0 Å². The summed E-state index contributed by atoms with van der Waals surface area (Å²) in [6, 6.07) is 38.1. The number of phenols is 2. The molecule has 0 amide bonds. The first-order valence-corrected chi connectivity index (χ1v) is 26.6. The van der Waals surface area contributed by atoms with Crippen LogP contribution in [-0.4, -0.2) is 40.2 Å². The highest BCUT2D eigenvalue weighted by Gasteiger charge is 2.32. The summed E-state index contributed by atoms with van der Waals surface area (Å²) in [6.07, 6.45) is 2.02. The first-order valence-electron chi connectivity index (χ1n) is 25.0. The average Bonchev–Trinajstić information content (AvgIpc) is 3.87. The Morgan fingerprint density at radius 3 is 1.03 bits per heavy atom. The van der Waals surface area contributed by atoms with Crippen LogP contribution in [0.1, 0.15) is 157 Å². The minimum absolute atomic E-state index is 0.0269. The maximum atomic E-state index is 12.5. The maximum absolute atomic E-state index is 12.5. The predicted molar refractivity (Wildman–Crippen MR) is 297 cm³/mol. The summed E-state index contributed by atoms with van der Waals surface area (Å²) in [7, 11) is 0. The van der Waals surface area contributed by atoms with Gasteiger partial charge in [0.15, 0.2) is 0 Å². The normalized spacial score (nSPS) is 13.2. The van der Waals surface area contributed by atoms with E-state index >= 15 is 0 Å². The van der Waals surface area contributed by atoms with Crippen molar-refractivity contribution in [3.05, 3.63) is 143 Å². The minimum atomic E-state index is -0.287. The topological polar surface area (TPSA) is 102 Å². The van der Waals surface area contributed by atoms with E-state index in [0.29, 0.717) is 22.5 Å². The molecule has 0 bridgehead atoms. The molecular formula is C61H74N6O2S2. The molecule has 0 spiro atoms. The van der Waals surface area contributed by atoms with Crippen LogP contribution in [0.25, 0.3) is 33.4 Å². The van der Waals surface area contributed by atoms with E-state index in [2.05, 4.69) is 196 Å². The molecule has 2 N–H and O–H groups in total. The van der Waals surface area contributed by atoms with E-state index in [9.17, 15) is 10.2 Å². The summed E-state index contributed by atoms with van der Waals surface area (Å²) < 4.78 is 0. The lowest BCUT2D eigenvalue weighted by Gasteiger charge is -2.34. The summed E-state index contributed by atoms with van der Waals surface area (Å²) in [6.45, 7) is 36.0. The van der Waals surface area contributed by atoms with Crippen molar-refractivity contribution in [2.75, 3.05) is 0 Å². The SMILES string of the molecule is CC(C)(C)CC(C)(C)c1cc(Cc2cc(C(C)(C)CC(C)(C)C)cc(-n3nc4ccc(Sc5ccc(C(C)(C)C)cc5)cc4n3)c2O)c(O)c(-n2nc3ccc(Sc4ccc(C(C)(C)C)cc4)cc3n2)c1. The van der Waals surface area contributed by atoms with Gasteiger partial charge in [-0.25, -0.2) is 0 Å². The molecule has 6 aromatic carbocycles. The van der Waals surface area contributed by atoms with Crippen LogP contribution in [0.4, 0.5) is 0 Å². The first kappa shape index (κ1) is 51.8. The second-order valence-corrected chi connectivity index (χ2v) is 27.8. The molecule has 0 saturated carbocycles. The Bertz CT molecular complexity index is 3010. The van der Waals surface area contributed by atoms with E-state index in [4.69, 9.17) is 20.4 Å². The Morgan fingerprint density at radius 1 is 0.380 bits per heavy atom. The van der Waals surface area contributed by atoms with E-state index in [-0.39, 0.29) is 50.4 Å². The van der Waals surface area contributed by atoms with E-state index in [0.717, 1.165) is 65.6 Å². The summed E-state index contributed by atoms with van der Waals surface area (Å²) in [5.74, 6) is 0.131. The molecule has 2 heterocycles. The molecule has 0 saturated heterocycles. The van der Waals surface area contributed by atoms with Gasteiger partial charge in [-0.05, 0) is 140 Å². The molecule has 0 radical (unpaired) electrons. The van der Waals surface area contributed by atoms with Crippen LogP contribution in [0.3, 0.4) is 0 Å². The van der Waals surface area contributed by atoms with Crippen molar-refractivity contribution in [1.82, 2.24) is 30.0 Å². The fourth-order valence-electron chi connectivity index (χ4n) is 10.2. The molecule has 0 aliphatic heterocycles. The molecule has 2 aromatic heterocycles. The number of hydrogen-bond acceptors (Lipinski definition) is 8. The number of hydrogen-bond donors (Lipinski definition) is 2. The highest BCUT2D eigenvalue weighted by molar-refractivity contribution is 7.99. The van der Waals surface area contributed by atoms with Crippen molar-refractivity contribution in [2.24, 2.45) is 10.8 Å². The summed E-state index contributed by atoms with van der Waals surface area (Å²) in [4.78, 5) is 7.56. The average molecular weight is 987 g/mol. The van der Waals surface area contributed by atoms with Crippen molar-refractivity contribution in [2.45, 2.75) is 171 Å². The van der Waals surface area contributed by atoms with Gasteiger partial charge in [0.1, 0.15) is 44.9 Å². The Balaban J connectivity index is 1.20. The van der Waals surface area contributed by atoms with Crippen LogP contribution >= 0.6 is 23.5 Å². The highest BCUT2D eigenvalue weighted by Crippen LogP contribution is 2.44. The van der Waals surface area contributed by atoms with Gasteiger partial charge in [-0.1, -0.05) is 171 Å². The molecule has 8 aromatic rings. The molecular weight excluding hydrogens is 913 g/mol. The molecule has 0 unspecified atom stereocenters. The van der Waals surface area contributed by atoms with Gasteiger partial charge in [-0.2, -0.15) is 0 Å². The van der Waals surface area contributed by atoms with E-state index < -0.39 is 0 Å². The Morgan fingerprint density at radius 2 is 0.704 bits per heavy atom. The van der Waals surface area contributed by atoms with Gasteiger partial charge >= 0.3 is 0 Å². The maximum Gasteiger partial charge on any atom is 0.146 e. The molecule has 10 heteroatoms. The number of phenolic OH excluding ortho intramolecular Hbond substituents is 2. The third-order valence-electron chi connectivity index (χ3n) is 13.3. The monoisotopic (exact) mass is 987 g/mol. The second kappa shape index (κ2) is 18.8. The van der Waals surface area contributed by atoms with E-state index in [1.54, 1.807) is 33.1 Å². The van der Waals surface area contributed by atoms with Crippen molar-refractivity contribution < 1.29 is 10.2 Å². The van der Waals surface area contributed by atoms with Crippen LogP contribution in [0, 0.1) is 10.8 Å². The molecule has 0 aliphatic rings. The van der Waals surface area contributed by atoms with Crippen molar-refractivity contribution in [3.8, 4) is 22.9 Å². The zero-order valence-corrected chi connectivity index (χ0v) is 46.5. The molecule has 372 valence electrons. The van der Waals surface area contributed by atoms with Gasteiger partial charge < -0.3 is 10.2 Å². The number of benzene rings is 6. The Hall–Kier alpha value is -5.58. The number of fused-ring (bicyclic) bond motifs is 2. The number of aromatic nitrogens is 6. The van der Waals surface area contributed by atoms with Gasteiger partial charge in [0, 0.05) is 37.1 Å². The fourth-order valence-corrected chi connectivity index (χ4v) is 11.9. The van der Waals surface area contributed by atoms with Gasteiger partial charge in [-0.15, -0.1) is 30.0 Å². The predicted octanol–water partition coefficient (Wildman–Crippen LogP) is 16.5. The molecule has 0 aliphatic carbocycles. The molecule has 71 heavy (non-hydrogen) atoms.